The fourth-order valence-corrected chi connectivity index (χ4v) is 3.01. The zero-order chi connectivity index (χ0) is 14.3. The number of hydrogen-bond donors (Lipinski definition) is 1. The van der Waals surface area contributed by atoms with Crippen molar-refractivity contribution in [1.29, 1.82) is 0 Å². The lowest BCUT2D eigenvalue weighted by Gasteiger charge is -2.27. The minimum absolute atomic E-state index is 0.704. The van der Waals surface area contributed by atoms with E-state index < -0.39 is 5.60 Å². The molecule has 1 unspecified atom stereocenters. The summed E-state index contributed by atoms with van der Waals surface area (Å²) in [6.45, 7) is 6.66. The van der Waals surface area contributed by atoms with Gasteiger partial charge < -0.3 is 9.84 Å². The van der Waals surface area contributed by atoms with Crippen LogP contribution in [0, 0.1) is 13.8 Å². The van der Waals surface area contributed by atoms with Gasteiger partial charge in [0.2, 0.25) is 0 Å². The highest BCUT2D eigenvalue weighted by molar-refractivity contribution is 5.51. The zero-order valence-corrected chi connectivity index (χ0v) is 12.2. The van der Waals surface area contributed by atoms with Gasteiger partial charge >= 0.3 is 0 Å². The quantitative estimate of drug-likeness (QED) is 0.903. The molecule has 0 saturated carbocycles. The second-order valence-electron chi connectivity index (χ2n) is 5.84. The van der Waals surface area contributed by atoms with Gasteiger partial charge in [0.1, 0.15) is 11.4 Å². The van der Waals surface area contributed by atoms with Crippen LogP contribution in [0.3, 0.4) is 0 Å². The molecule has 0 amide bonds. The molecule has 1 atom stereocenters. The number of hydrogen-bond acceptors (Lipinski definition) is 2. The van der Waals surface area contributed by atoms with E-state index in [2.05, 4.69) is 26.0 Å². The molecule has 0 fully saturated rings. The van der Waals surface area contributed by atoms with Crippen molar-refractivity contribution in [1.82, 2.24) is 0 Å². The summed E-state index contributed by atoms with van der Waals surface area (Å²) in [5.74, 6) is 0.858. The number of ether oxygens (including phenoxy) is 1. The van der Waals surface area contributed by atoms with E-state index in [4.69, 9.17) is 4.74 Å². The number of rotatable bonds is 2. The lowest BCUT2D eigenvalue weighted by Crippen LogP contribution is -2.23. The molecular formula is C18H20O2. The Morgan fingerprint density at radius 2 is 1.80 bits per heavy atom. The highest BCUT2D eigenvalue weighted by Crippen LogP contribution is 2.40. The molecule has 2 nitrogen and oxygen atoms in total. The first-order chi connectivity index (χ1) is 9.48. The summed E-state index contributed by atoms with van der Waals surface area (Å²) in [5.41, 5.74) is 4.25. The molecule has 1 aliphatic rings. The van der Waals surface area contributed by atoms with Crippen LogP contribution in [-0.4, -0.2) is 11.7 Å². The zero-order valence-electron chi connectivity index (χ0n) is 12.2. The van der Waals surface area contributed by atoms with Crippen LogP contribution in [0.2, 0.25) is 0 Å². The normalized spacial score (nSPS) is 16.4. The standard InChI is InChI=1S/C18H20O2/c1-12-9-13(2)11-15(10-12)18(3,19)16-6-4-5-14-7-8-20-17(14)16/h4-6,9-11,19H,7-8H2,1-3H3. The third-order valence-electron chi connectivity index (χ3n) is 4.02. The van der Waals surface area contributed by atoms with Gasteiger partial charge in [-0.25, -0.2) is 0 Å². The molecule has 0 aromatic heterocycles. The Balaban J connectivity index is 2.14. The Kier molecular flexibility index (Phi) is 3.06. The van der Waals surface area contributed by atoms with E-state index in [1.54, 1.807) is 0 Å². The van der Waals surface area contributed by atoms with Crippen molar-refractivity contribution < 1.29 is 9.84 Å². The third kappa shape index (κ3) is 2.10. The van der Waals surface area contributed by atoms with Crippen molar-refractivity contribution in [3.63, 3.8) is 0 Å². The number of para-hydroxylation sites is 1. The predicted octanol–water partition coefficient (Wildman–Crippen LogP) is 3.49. The topological polar surface area (TPSA) is 29.5 Å². The van der Waals surface area contributed by atoms with Crippen LogP contribution in [0.1, 0.15) is 34.7 Å². The number of fused-ring (bicyclic) bond motifs is 1. The molecule has 0 saturated heterocycles. The van der Waals surface area contributed by atoms with E-state index in [9.17, 15) is 5.11 Å². The monoisotopic (exact) mass is 268 g/mol. The van der Waals surface area contributed by atoms with Crippen LogP contribution >= 0.6 is 0 Å². The van der Waals surface area contributed by atoms with Crippen molar-refractivity contribution in [3.8, 4) is 5.75 Å². The highest BCUT2D eigenvalue weighted by Gasteiger charge is 2.32. The van der Waals surface area contributed by atoms with Crippen LogP contribution in [0.4, 0.5) is 0 Å². The fraction of sp³-hybridized carbons (Fsp3) is 0.333. The van der Waals surface area contributed by atoms with Crippen LogP contribution in [-0.2, 0) is 12.0 Å². The molecule has 2 aromatic rings. The summed E-state index contributed by atoms with van der Waals surface area (Å²) >= 11 is 0. The Morgan fingerprint density at radius 3 is 2.50 bits per heavy atom. The van der Waals surface area contributed by atoms with Gasteiger partial charge in [0.15, 0.2) is 0 Å². The van der Waals surface area contributed by atoms with Gasteiger partial charge in [-0.3, -0.25) is 0 Å². The average molecular weight is 268 g/mol. The van der Waals surface area contributed by atoms with Gasteiger partial charge in [-0.2, -0.15) is 0 Å². The van der Waals surface area contributed by atoms with E-state index in [1.165, 1.54) is 5.56 Å². The lowest BCUT2D eigenvalue weighted by atomic mass is 9.85. The summed E-state index contributed by atoms with van der Waals surface area (Å²) < 4.78 is 5.74. The second kappa shape index (κ2) is 4.64. The molecule has 3 rings (SSSR count). The Morgan fingerprint density at radius 1 is 1.10 bits per heavy atom. The molecule has 0 bridgehead atoms. The molecular weight excluding hydrogens is 248 g/mol. The van der Waals surface area contributed by atoms with Crippen LogP contribution in [0.25, 0.3) is 0 Å². The lowest BCUT2D eigenvalue weighted by molar-refractivity contribution is 0.0986. The van der Waals surface area contributed by atoms with Crippen molar-refractivity contribution in [3.05, 3.63) is 64.2 Å². The second-order valence-corrected chi connectivity index (χ2v) is 5.84. The summed E-state index contributed by atoms with van der Waals surface area (Å²) in [7, 11) is 0. The van der Waals surface area contributed by atoms with Gasteiger partial charge in [-0.05, 0) is 31.9 Å². The van der Waals surface area contributed by atoms with E-state index in [-0.39, 0.29) is 0 Å². The van der Waals surface area contributed by atoms with Crippen LogP contribution in [0.5, 0.6) is 5.75 Å². The molecule has 0 aliphatic carbocycles. The number of aliphatic hydroxyl groups is 1. The summed E-state index contributed by atoms with van der Waals surface area (Å²) in [6, 6.07) is 12.2. The maximum absolute atomic E-state index is 11.1. The van der Waals surface area contributed by atoms with E-state index in [0.717, 1.165) is 34.4 Å². The Bertz CT molecular complexity index is 636. The smallest absolute Gasteiger partial charge is 0.129 e. The van der Waals surface area contributed by atoms with Gasteiger partial charge in [0, 0.05) is 12.0 Å². The van der Waals surface area contributed by atoms with Crippen molar-refractivity contribution in [2.45, 2.75) is 32.8 Å². The van der Waals surface area contributed by atoms with E-state index >= 15 is 0 Å². The summed E-state index contributed by atoms with van der Waals surface area (Å²) in [6.07, 6.45) is 0.923. The van der Waals surface area contributed by atoms with Crippen molar-refractivity contribution >= 4 is 0 Å². The summed E-state index contributed by atoms with van der Waals surface area (Å²) in [4.78, 5) is 0. The van der Waals surface area contributed by atoms with E-state index in [1.807, 2.05) is 31.2 Å². The third-order valence-corrected chi connectivity index (χ3v) is 4.02. The molecule has 0 spiro atoms. The number of benzene rings is 2. The molecule has 1 N–H and O–H groups in total. The Labute approximate surface area is 120 Å². The molecule has 20 heavy (non-hydrogen) atoms. The molecule has 104 valence electrons. The number of aryl methyl sites for hydroxylation is 2. The predicted molar refractivity (Wildman–Crippen MR) is 80.2 cm³/mol. The fourth-order valence-electron chi connectivity index (χ4n) is 3.01. The SMILES string of the molecule is Cc1cc(C)cc(C(C)(O)c2cccc3c2OCC3)c1. The largest absolute Gasteiger partial charge is 0.493 e. The van der Waals surface area contributed by atoms with Gasteiger partial charge in [0.25, 0.3) is 0 Å². The maximum atomic E-state index is 11.1. The first kappa shape index (κ1) is 13.2. The van der Waals surface area contributed by atoms with Crippen LogP contribution in [0.15, 0.2) is 36.4 Å². The van der Waals surface area contributed by atoms with E-state index in [0.29, 0.717) is 6.61 Å². The van der Waals surface area contributed by atoms with Gasteiger partial charge in [0.05, 0.1) is 6.61 Å². The van der Waals surface area contributed by atoms with Gasteiger partial charge in [-0.1, -0.05) is 47.5 Å². The molecule has 2 aromatic carbocycles. The molecule has 1 heterocycles. The summed E-state index contributed by atoms with van der Waals surface area (Å²) in [5, 5.41) is 11.1. The van der Waals surface area contributed by atoms with Crippen LogP contribution < -0.4 is 4.74 Å². The van der Waals surface area contributed by atoms with Gasteiger partial charge in [-0.15, -0.1) is 0 Å². The van der Waals surface area contributed by atoms with Crippen molar-refractivity contribution in [2.75, 3.05) is 6.61 Å². The highest BCUT2D eigenvalue weighted by atomic mass is 16.5. The first-order valence-electron chi connectivity index (χ1n) is 7.05. The Hall–Kier alpha value is -1.80. The molecule has 1 aliphatic heterocycles. The minimum Gasteiger partial charge on any atom is -0.493 e. The average Bonchev–Trinajstić information content (AvgIpc) is 2.85. The molecule has 0 radical (unpaired) electrons. The molecule has 2 heteroatoms. The first-order valence-corrected chi connectivity index (χ1v) is 7.05. The van der Waals surface area contributed by atoms with Crippen molar-refractivity contribution in [2.24, 2.45) is 0 Å². The maximum Gasteiger partial charge on any atom is 0.129 e. The minimum atomic E-state index is -1.04.